The van der Waals surface area contributed by atoms with Crippen LogP contribution in [0, 0.1) is 10.1 Å². The van der Waals surface area contributed by atoms with E-state index < -0.39 is 10.9 Å². The first-order chi connectivity index (χ1) is 8.97. The van der Waals surface area contributed by atoms with E-state index in [1.54, 1.807) is 18.5 Å². The molecule has 6 nitrogen and oxygen atoms in total. The van der Waals surface area contributed by atoms with Crippen LogP contribution in [0.25, 0.3) is 0 Å². The van der Waals surface area contributed by atoms with E-state index in [2.05, 4.69) is 20.9 Å². The van der Waals surface area contributed by atoms with E-state index in [9.17, 15) is 14.9 Å². The van der Waals surface area contributed by atoms with Crippen LogP contribution < -0.4 is 0 Å². The van der Waals surface area contributed by atoms with Gasteiger partial charge >= 0.3 is 11.0 Å². The summed E-state index contributed by atoms with van der Waals surface area (Å²) < 4.78 is 0.744. The van der Waals surface area contributed by atoms with Crippen LogP contribution in [0.15, 0.2) is 38.8 Å². The van der Waals surface area contributed by atoms with E-state index in [0.717, 1.165) is 16.2 Å². The van der Waals surface area contributed by atoms with Crippen molar-refractivity contribution in [2.45, 2.75) is 9.79 Å². The Hall–Kier alpha value is -1.45. The first kappa shape index (κ1) is 14.0. The van der Waals surface area contributed by atoms with Crippen molar-refractivity contribution in [2.24, 2.45) is 0 Å². The molecule has 0 aliphatic rings. The van der Waals surface area contributed by atoms with Crippen LogP contribution in [0.4, 0.5) is 5.00 Å². The molecule has 0 unspecified atom stereocenters. The molecule has 0 fully saturated rings. The molecule has 0 aromatic carbocycles. The predicted molar refractivity (Wildman–Crippen MR) is 74.0 cm³/mol. The molecule has 0 aliphatic carbocycles. The monoisotopic (exact) mass is 360 g/mol. The second-order valence-corrected chi connectivity index (χ2v) is 6.34. The van der Waals surface area contributed by atoms with Gasteiger partial charge in [0.05, 0.1) is 4.92 Å². The number of carboxylic acids is 1. The molecule has 0 spiro atoms. The molecule has 9 heteroatoms. The first-order valence-corrected chi connectivity index (χ1v) is 7.20. The van der Waals surface area contributed by atoms with Crippen molar-refractivity contribution < 1.29 is 14.8 Å². The molecule has 0 radical (unpaired) electrons. The van der Waals surface area contributed by atoms with Crippen molar-refractivity contribution in [3.8, 4) is 0 Å². The van der Waals surface area contributed by atoms with Crippen LogP contribution >= 0.6 is 39.0 Å². The molecular formula is C10H5BrN2O4S2. The molecule has 0 saturated carbocycles. The van der Waals surface area contributed by atoms with Crippen LogP contribution in [-0.2, 0) is 0 Å². The van der Waals surface area contributed by atoms with Crippen LogP contribution in [0.5, 0.6) is 0 Å². The second kappa shape index (κ2) is 5.68. The summed E-state index contributed by atoms with van der Waals surface area (Å²) in [6.07, 6.45) is 3.14. The van der Waals surface area contributed by atoms with E-state index in [1.807, 2.05) is 0 Å². The van der Waals surface area contributed by atoms with E-state index in [0.29, 0.717) is 21.1 Å². The van der Waals surface area contributed by atoms with Crippen molar-refractivity contribution in [3.63, 3.8) is 0 Å². The van der Waals surface area contributed by atoms with Crippen LogP contribution in [0.1, 0.15) is 9.67 Å². The first-order valence-electron chi connectivity index (χ1n) is 4.77. The molecule has 0 aliphatic heterocycles. The normalized spacial score (nSPS) is 10.4. The number of nitro groups is 1. The van der Waals surface area contributed by atoms with Crippen molar-refractivity contribution in [1.29, 1.82) is 0 Å². The number of aromatic carboxylic acids is 1. The molecular weight excluding hydrogens is 356 g/mol. The van der Waals surface area contributed by atoms with Gasteiger partial charge in [-0.05, 0) is 28.1 Å². The fourth-order valence-electron chi connectivity index (χ4n) is 1.25. The highest BCUT2D eigenvalue weighted by Gasteiger charge is 2.23. The highest BCUT2D eigenvalue weighted by molar-refractivity contribution is 9.10. The van der Waals surface area contributed by atoms with Gasteiger partial charge in [0.25, 0.3) is 0 Å². The maximum Gasteiger partial charge on any atom is 0.346 e. The summed E-state index contributed by atoms with van der Waals surface area (Å²) in [5.41, 5.74) is 0. The zero-order valence-electron chi connectivity index (χ0n) is 9.07. The van der Waals surface area contributed by atoms with Gasteiger partial charge in [-0.3, -0.25) is 15.1 Å². The lowest BCUT2D eigenvalue weighted by Crippen LogP contribution is -1.89. The Morgan fingerprint density at radius 1 is 1.47 bits per heavy atom. The number of carbonyl (C=O) groups is 1. The Balaban J connectivity index is 2.38. The van der Waals surface area contributed by atoms with Gasteiger partial charge in [0.2, 0.25) is 0 Å². The Bertz CT molecular complexity index is 659. The minimum absolute atomic E-state index is 0.0582. The van der Waals surface area contributed by atoms with Gasteiger partial charge < -0.3 is 5.11 Å². The summed E-state index contributed by atoms with van der Waals surface area (Å²) in [5.74, 6) is -1.17. The lowest BCUT2D eigenvalue weighted by molar-refractivity contribution is -0.382. The van der Waals surface area contributed by atoms with Crippen LogP contribution in [0.2, 0.25) is 0 Å². The minimum Gasteiger partial charge on any atom is -0.477 e. The average Bonchev–Trinajstić information content (AvgIpc) is 2.73. The Labute approximate surface area is 123 Å². The number of hydrogen-bond acceptors (Lipinski definition) is 6. The van der Waals surface area contributed by atoms with E-state index in [4.69, 9.17) is 5.11 Å². The molecule has 2 aromatic rings. The van der Waals surface area contributed by atoms with Crippen molar-refractivity contribution in [3.05, 3.63) is 44.0 Å². The van der Waals surface area contributed by atoms with Crippen molar-refractivity contribution >= 4 is 50.0 Å². The van der Waals surface area contributed by atoms with E-state index >= 15 is 0 Å². The number of rotatable bonds is 4. The Kier molecular flexibility index (Phi) is 4.17. The molecule has 1 N–H and O–H groups in total. The maximum atomic E-state index is 10.9. The van der Waals surface area contributed by atoms with E-state index in [-0.39, 0.29) is 9.88 Å². The molecule has 2 heterocycles. The number of aromatic nitrogens is 1. The van der Waals surface area contributed by atoms with Gasteiger partial charge in [0, 0.05) is 21.8 Å². The smallest absolute Gasteiger partial charge is 0.346 e. The molecule has 2 rings (SSSR count). The summed E-state index contributed by atoms with van der Waals surface area (Å²) in [6.45, 7) is 0. The van der Waals surface area contributed by atoms with Crippen LogP contribution in [-0.4, -0.2) is 21.0 Å². The van der Waals surface area contributed by atoms with Crippen molar-refractivity contribution in [2.75, 3.05) is 0 Å². The fourth-order valence-corrected chi connectivity index (χ4v) is 3.69. The molecule has 0 amide bonds. The number of thiophene rings is 1. The lowest BCUT2D eigenvalue weighted by atomic mass is 10.5. The highest BCUT2D eigenvalue weighted by Crippen LogP contribution is 2.41. The van der Waals surface area contributed by atoms with Crippen molar-refractivity contribution in [1.82, 2.24) is 4.98 Å². The van der Waals surface area contributed by atoms with Gasteiger partial charge in [-0.15, -0.1) is 0 Å². The molecule has 0 bridgehead atoms. The van der Waals surface area contributed by atoms with E-state index in [1.165, 1.54) is 6.07 Å². The number of halogens is 1. The summed E-state index contributed by atoms with van der Waals surface area (Å²) in [6, 6.07) is 3.05. The second-order valence-electron chi connectivity index (χ2n) is 3.28. The third-order valence-corrected chi connectivity index (χ3v) is 4.59. The third-order valence-electron chi connectivity index (χ3n) is 1.96. The highest BCUT2D eigenvalue weighted by atomic mass is 79.9. The fraction of sp³-hybridized carbons (Fsp3) is 0. The summed E-state index contributed by atoms with van der Waals surface area (Å²) >= 11 is 5.01. The predicted octanol–water partition coefficient (Wildman–Crippen LogP) is 3.66. The molecule has 2 aromatic heterocycles. The SMILES string of the molecule is O=C(O)c1cc(Sc2cncc(Br)c2)c([N+](=O)[O-])s1. The van der Waals surface area contributed by atoms with Gasteiger partial charge in [-0.1, -0.05) is 23.1 Å². The zero-order chi connectivity index (χ0) is 14.0. The Morgan fingerprint density at radius 2 is 2.21 bits per heavy atom. The third kappa shape index (κ3) is 3.31. The average molecular weight is 361 g/mol. The summed E-state index contributed by atoms with van der Waals surface area (Å²) in [4.78, 5) is 26.0. The standard InChI is InChI=1S/C10H5BrN2O4S2/c11-5-1-6(4-12-3-5)18-7-2-8(10(14)15)19-9(7)13(16)17/h1-4H,(H,14,15). The number of pyridine rings is 1. The Morgan fingerprint density at radius 3 is 2.79 bits per heavy atom. The molecule has 19 heavy (non-hydrogen) atoms. The summed E-state index contributed by atoms with van der Waals surface area (Å²) in [7, 11) is 0. The molecule has 0 saturated heterocycles. The number of nitrogens with zero attached hydrogens (tertiary/aromatic N) is 2. The van der Waals surface area contributed by atoms with Gasteiger partial charge in [-0.2, -0.15) is 0 Å². The van der Waals surface area contributed by atoms with Gasteiger partial charge in [0.15, 0.2) is 0 Å². The lowest BCUT2D eigenvalue weighted by Gasteiger charge is -1.98. The molecule has 98 valence electrons. The number of hydrogen-bond donors (Lipinski definition) is 1. The quantitative estimate of drug-likeness (QED) is 0.660. The summed E-state index contributed by atoms with van der Waals surface area (Å²) in [5, 5.41) is 19.6. The zero-order valence-corrected chi connectivity index (χ0v) is 12.3. The molecule has 0 atom stereocenters. The minimum atomic E-state index is -1.17. The largest absolute Gasteiger partial charge is 0.477 e. The van der Waals surface area contributed by atoms with Gasteiger partial charge in [0.1, 0.15) is 9.77 Å². The van der Waals surface area contributed by atoms with Crippen LogP contribution in [0.3, 0.4) is 0 Å². The van der Waals surface area contributed by atoms with Gasteiger partial charge in [-0.25, -0.2) is 4.79 Å². The number of carboxylic acid groups (broad SMARTS) is 1. The maximum absolute atomic E-state index is 10.9. The topological polar surface area (TPSA) is 93.3 Å².